The van der Waals surface area contributed by atoms with Crippen molar-refractivity contribution < 1.29 is 9.53 Å². The van der Waals surface area contributed by atoms with Crippen molar-refractivity contribution in [3.8, 4) is 5.75 Å². The van der Waals surface area contributed by atoms with Crippen LogP contribution in [0.1, 0.15) is 12.5 Å². The molecule has 25 heavy (non-hydrogen) atoms. The van der Waals surface area contributed by atoms with Gasteiger partial charge in [0.05, 0.1) is 27.2 Å². The Bertz CT molecular complexity index is 881. The number of halogens is 2. The smallest absolute Gasteiger partial charge is 0.264 e. The van der Waals surface area contributed by atoms with Gasteiger partial charge in [-0.05, 0) is 48.5 Å². The van der Waals surface area contributed by atoms with Crippen LogP contribution in [0.3, 0.4) is 0 Å². The molecule has 0 aliphatic carbocycles. The van der Waals surface area contributed by atoms with Crippen LogP contribution >= 0.6 is 35.0 Å². The van der Waals surface area contributed by atoms with Crippen LogP contribution in [0.2, 0.25) is 10.0 Å². The zero-order valence-electron chi connectivity index (χ0n) is 13.3. The number of ether oxygens (including phenoxy) is 1. The number of amidine groups is 1. The van der Waals surface area contributed by atoms with Crippen LogP contribution in [-0.2, 0) is 4.79 Å². The van der Waals surface area contributed by atoms with Crippen LogP contribution in [-0.4, -0.2) is 17.7 Å². The third-order valence-corrected chi connectivity index (χ3v) is 4.94. The lowest BCUT2D eigenvalue weighted by Crippen LogP contribution is -2.19. The molecule has 0 aromatic heterocycles. The summed E-state index contributed by atoms with van der Waals surface area (Å²) in [6, 6.07) is 12.6. The number of nitrogens with one attached hydrogen (secondary N) is 1. The van der Waals surface area contributed by atoms with Crippen molar-refractivity contribution in [3.05, 3.63) is 63.0 Å². The molecule has 0 atom stereocenters. The van der Waals surface area contributed by atoms with Gasteiger partial charge in [0.2, 0.25) is 0 Å². The van der Waals surface area contributed by atoms with Crippen molar-refractivity contribution in [1.29, 1.82) is 0 Å². The number of benzene rings is 2. The molecule has 1 aliphatic heterocycles. The van der Waals surface area contributed by atoms with Gasteiger partial charge in [-0.15, -0.1) is 0 Å². The minimum atomic E-state index is -0.228. The molecule has 0 spiro atoms. The standard InChI is InChI=1S/C18H14Cl2N2O2S/c1-2-24-14-9-5-6-11(16(14)20)10-15-17(23)22-18(25-15)21-13-8-4-3-7-12(13)19/h3-10H,2H2,1H3,(H,21,22,23). The summed E-state index contributed by atoms with van der Waals surface area (Å²) in [5, 5.41) is 4.20. The van der Waals surface area contributed by atoms with Gasteiger partial charge in [0.15, 0.2) is 5.17 Å². The van der Waals surface area contributed by atoms with Crippen molar-refractivity contribution in [2.24, 2.45) is 4.99 Å². The van der Waals surface area contributed by atoms with E-state index in [0.29, 0.717) is 43.7 Å². The summed E-state index contributed by atoms with van der Waals surface area (Å²) >= 11 is 13.7. The van der Waals surface area contributed by atoms with E-state index in [9.17, 15) is 4.79 Å². The molecule has 0 unspecified atom stereocenters. The Balaban J connectivity index is 1.87. The average Bonchev–Trinajstić information content (AvgIpc) is 2.93. The van der Waals surface area contributed by atoms with Crippen LogP contribution < -0.4 is 10.1 Å². The van der Waals surface area contributed by atoms with Gasteiger partial charge in [-0.25, -0.2) is 4.99 Å². The summed E-state index contributed by atoms with van der Waals surface area (Å²) in [5.74, 6) is 0.362. The van der Waals surface area contributed by atoms with E-state index in [1.54, 1.807) is 24.3 Å². The minimum absolute atomic E-state index is 0.228. The number of rotatable bonds is 4. The Morgan fingerprint density at radius 3 is 2.76 bits per heavy atom. The molecule has 128 valence electrons. The van der Waals surface area contributed by atoms with Crippen molar-refractivity contribution in [2.75, 3.05) is 6.61 Å². The Kier molecular flexibility index (Phi) is 5.68. The Hall–Kier alpha value is -1.95. The van der Waals surface area contributed by atoms with Gasteiger partial charge >= 0.3 is 0 Å². The first-order valence-electron chi connectivity index (χ1n) is 7.54. The largest absolute Gasteiger partial charge is 0.492 e. The zero-order chi connectivity index (χ0) is 17.8. The fraction of sp³-hybridized carbons (Fsp3) is 0.111. The topological polar surface area (TPSA) is 50.7 Å². The predicted octanol–water partition coefficient (Wildman–Crippen LogP) is 5.28. The molecule has 1 aliphatic rings. The molecular formula is C18H14Cl2N2O2S. The molecule has 2 aromatic rings. The second kappa shape index (κ2) is 7.95. The van der Waals surface area contributed by atoms with Gasteiger partial charge in [0.1, 0.15) is 5.75 Å². The molecule has 0 bridgehead atoms. The second-order valence-electron chi connectivity index (χ2n) is 5.03. The molecule has 0 radical (unpaired) electrons. The molecular weight excluding hydrogens is 379 g/mol. The molecule has 1 fully saturated rings. The highest BCUT2D eigenvalue weighted by Gasteiger charge is 2.24. The van der Waals surface area contributed by atoms with Gasteiger partial charge in [0, 0.05) is 0 Å². The van der Waals surface area contributed by atoms with Crippen molar-refractivity contribution in [3.63, 3.8) is 0 Å². The van der Waals surface area contributed by atoms with E-state index >= 15 is 0 Å². The van der Waals surface area contributed by atoms with E-state index in [4.69, 9.17) is 27.9 Å². The first kappa shape index (κ1) is 17.9. The summed E-state index contributed by atoms with van der Waals surface area (Å²) in [5.41, 5.74) is 1.31. The maximum atomic E-state index is 12.2. The third-order valence-electron chi connectivity index (χ3n) is 3.30. The summed E-state index contributed by atoms with van der Waals surface area (Å²) < 4.78 is 5.47. The molecule has 0 saturated carbocycles. The predicted molar refractivity (Wildman–Crippen MR) is 105 cm³/mol. The number of amides is 1. The van der Waals surface area contributed by atoms with Crippen LogP contribution in [0.4, 0.5) is 5.69 Å². The number of nitrogens with zero attached hydrogens (tertiary/aromatic N) is 1. The van der Waals surface area contributed by atoms with Gasteiger partial charge < -0.3 is 10.1 Å². The normalized spacial score (nSPS) is 17.2. The van der Waals surface area contributed by atoms with Crippen molar-refractivity contribution >= 4 is 57.8 Å². The highest BCUT2D eigenvalue weighted by Crippen LogP contribution is 2.34. The number of hydrogen-bond donors (Lipinski definition) is 1. The number of hydrogen-bond acceptors (Lipinski definition) is 4. The number of aliphatic imine (C=N–C) groups is 1. The third kappa shape index (κ3) is 4.18. The summed E-state index contributed by atoms with van der Waals surface area (Å²) in [6.45, 7) is 2.41. The lowest BCUT2D eigenvalue weighted by molar-refractivity contribution is -0.115. The quantitative estimate of drug-likeness (QED) is 0.719. The first-order chi connectivity index (χ1) is 12.1. The van der Waals surface area contributed by atoms with Gasteiger partial charge in [0.25, 0.3) is 5.91 Å². The van der Waals surface area contributed by atoms with Gasteiger partial charge in [-0.2, -0.15) is 0 Å². The number of carbonyl (C=O) groups excluding carboxylic acids is 1. The molecule has 4 nitrogen and oxygen atoms in total. The van der Waals surface area contributed by atoms with E-state index in [0.717, 1.165) is 0 Å². The molecule has 2 aromatic carbocycles. The molecule has 1 saturated heterocycles. The van der Waals surface area contributed by atoms with Gasteiger partial charge in [-0.3, -0.25) is 4.79 Å². The Morgan fingerprint density at radius 2 is 2.00 bits per heavy atom. The lowest BCUT2D eigenvalue weighted by Gasteiger charge is -2.07. The summed E-state index contributed by atoms with van der Waals surface area (Å²) in [6.07, 6.45) is 1.72. The SMILES string of the molecule is CCOc1cccc(C=C2SC(=Nc3ccccc3Cl)NC2=O)c1Cl. The van der Waals surface area contributed by atoms with Crippen LogP contribution in [0, 0.1) is 0 Å². The summed E-state index contributed by atoms with van der Waals surface area (Å²) in [4.78, 5) is 17.1. The lowest BCUT2D eigenvalue weighted by atomic mass is 10.2. The monoisotopic (exact) mass is 392 g/mol. The maximum Gasteiger partial charge on any atom is 0.264 e. The van der Waals surface area contributed by atoms with E-state index in [2.05, 4.69) is 10.3 Å². The molecule has 3 rings (SSSR count). The molecule has 1 heterocycles. The average molecular weight is 393 g/mol. The highest BCUT2D eigenvalue weighted by molar-refractivity contribution is 8.18. The number of para-hydroxylation sites is 1. The second-order valence-corrected chi connectivity index (χ2v) is 6.84. The fourth-order valence-corrected chi connectivity index (χ4v) is 3.42. The van der Waals surface area contributed by atoms with Crippen LogP contribution in [0.5, 0.6) is 5.75 Å². The van der Waals surface area contributed by atoms with E-state index in [1.165, 1.54) is 11.8 Å². The van der Waals surface area contributed by atoms with Crippen molar-refractivity contribution in [1.82, 2.24) is 5.32 Å². The van der Waals surface area contributed by atoms with E-state index in [1.807, 2.05) is 31.2 Å². The van der Waals surface area contributed by atoms with E-state index < -0.39 is 0 Å². The van der Waals surface area contributed by atoms with Crippen molar-refractivity contribution in [2.45, 2.75) is 6.92 Å². The molecule has 1 amide bonds. The number of carbonyl (C=O) groups is 1. The summed E-state index contributed by atoms with van der Waals surface area (Å²) in [7, 11) is 0. The Morgan fingerprint density at radius 1 is 1.20 bits per heavy atom. The van der Waals surface area contributed by atoms with Crippen LogP contribution in [0.15, 0.2) is 52.4 Å². The number of thioether (sulfide) groups is 1. The van der Waals surface area contributed by atoms with Gasteiger partial charge in [-0.1, -0.05) is 47.5 Å². The fourth-order valence-electron chi connectivity index (χ4n) is 2.18. The van der Waals surface area contributed by atoms with Crippen LogP contribution in [0.25, 0.3) is 6.08 Å². The molecule has 1 N–H and O–H groups in total. The molecule has 7 heteroatoms. The maximum absolute atomic E-state index is 12.2. The minimum Gasteiger partial charge on any atom is -0.492 e. The highest BCUT2D eigenvalue weighted by atomic mass is 35.5. The zero-order valence-corrected chi connectivity index (χ0v) is 15.6. The first-order valence-corrected chi connectivity index (χ1v) is 9.11. The van der Waals surface area contributed by atoms with E-state index in [-0.39, 0.29) is 5.91 Å². The Labute approximate surface area is 159 Å².